The van der Waals surface area contributed by atoms with Crippen LogP contribution in [0, 0.1) is 0 Å². The third-order valence-electron chi connectivity index (χ3n) is 3.21. The van der Waals surface area contributed by atoms with Crippen molar-refractivity contribution in [2.24, 2.45) is 5.73 Å². The summed E-state index contributed by atoms with van der Waals surface area (Å²) in [5.74, 6) is 0. The van der Waals surface area contributed by atoms with Crippen molar-refractivity contribution >= 4 is 11.6 Å². The minimum Gasteiger partial charge on any atom is -0.330 e. The highest BCUT2D eigenvalue weighted by Crippen LogP contribution is 2.22. The van der Waals surface area contributed by atoms with Gasteiger partial charge in [-0.05, 0) is 57.6 Å². The van der Waals surface area contributed by atoms with E-state index in [-0.39, 0.29) is 0 Å². The lowest BCUT2D eigenvalue weighted by Crippen LogP contribution is -2.23. The van der Waals surface area contributed by atoms with E-state index in [0.29, 0.717) is 6.04 Å². The molecule has 1 rings (SSSR count). The molecule has 1 atom stereocenters. The monoisotopic (exact) mass is 254 g/mol. The molecule has 0 saturated carbocycles. The molecule has 0 heterocycles. The summed E-state index contributed by atoms with van der Waals surface area (Å²) in [6.45, 7) is 4.12. The molecule has 0 amide bonds. The van der Waals surface area contributed by atoms with Crippen LogP contribution in [0.1, 0.15) is 37.8 Å². The molecule has 0 spiro atoms. The van der Waals surface area contributed by atoms with Crippen molar-refractivity contribution < 1.29 is 0 Å². The summed E-state index contributed by atoms with van der Waals surface area (Å²) in [5, 5.41) is 0.811. The minimum atomic E-state index is 0.409. The molecule has 1 unspecified atom stereocenters. The third kappa shape index (κ3) is 5.07. The van der Waals surface area contributed by atoms with Crippen LogP contribution in [0.3, 0.4) is 0 Å². The van der Waals surface area contributed by atoms with Crippen LogP contribution in [0.4, 0.5) is 0 Å². The second-order valence-electron chi connectivity index (χ2n) is 4.56. The SMILES string of the molecule is CC(c1cccc(Cl)c1)N(C)CCCCCN. The largest absolute Gasteiger partial charge is 0.330 e. The topological polar surface area (TPSA) is 29.3 Å². The van der Waals surface area contributed by atoms with Crippen molar-refractivity contribution in [3.05, 3.63) is 34.9 Å². The Kier molecular flexibility index (Phi) is 6.56. The van der Waals surface area contributed by atoms with Gasteiger partial charge in [-0.25, -0.2) is 0 Å². The predicted molar refractivity (Wildman–Crippen MR) is 75.4 cm³/mol. The van der Waals surface area contributed by atoms with Crippen LogP contribution in [-0.4, -0.2) is 25.0 Å². The summed E-state index contributed by atoms with van der Waals surface area (Å²) >= 11 is 6.01. The first-order valence-electron chi connectivity index (χ1n) is 6.31. The van der Waals surface area contributed by atoms with Crippen molar-refractivity contribution in [3.63, 3.8) is 0 Å². The first-order valence-corrected chi connectivity index (χ1v) is 6.68. The fourth-order valence-electron chi connectivity index (χ4n) is 1.90. The Labute approximate surface area is 110 Å². The molecule has 0 aliphatic heterocycles. The average Bonchev–Trinajstić information content (AvgIpc) is 2.33. The maximum absolute atomic E-state index is 6.01. The number of unbranched alkanes of at least 4 members (excludes halogenated alkanes) is 2. The standard InChI is InChI=1S/C14H23ClN2/c1-12(13-7-6-8-14(15)11-13)17(2)10-5-3-4-9-16/h6-8,11-12H,3-5,9-10,16H2,1-2H3. The molecule has 0 aromatic heterocycles. The summed E-state index contributed by atoms with van der Waals surface area (Å²) in [5.41, 5.74) is 6.76. The van der Waals surface area contributed by atoms with Gasteiger partial charge < -0.3 is 5.73 Å². The Morgan fingerprint density at radius 3 is 2.71 bits per heavy atom. The van der Waals surface area contributed by atoms with Gasteiger partial charge in [0.05, 0.1) is 0 Å². The number of rotatable bonds is 7. The van der Waals surface area contributed by atoms with Crippen LogP contribution in [0.5, 0.6) is 0 Å². The van der Waals surface area contributed by atoms with E-state index in [1.807, 2.05) is 18.2 Å². The van der Waals surface area contributed by atoms with Crippen LogP contribution in [0.2, 0.25) is 5.02 Å². The van der Waals surface area contributed by atoms with Crippen LogP contribution >= 0.6 is 11.6 Å². The lowest BCUT2D eigenvalue weighted by molar-refractivity contribution is 0.255. The molecule has 0 bridgehead atoms. The fraction of sp³-hybridized carbons (Fsp3) is 0.571. The Hall–Kier alpha value is -0.570. The van der Waals surface area contributed by atoms with Gasteiger partial charge in [0.25, 0.3) is 0 Å². The summed E-state index contributed by atoms with van der Waals surface area (Å²) < 4.78 is 0. The minimum absolute atomic E-state index is 0.409. The van der Waals surface area contributed by atoms with E-state index >= 15 is 0 Å². The molecule has 1 aromatic rings. The molecule has 2 nitrogen and oxygen atoms in total. The Morgan fingerprint density at radius 2 is 2.06 bits per heavy atom. The highest BCUT2D eigenvalue weighted by molar-refractivity contribution is 6.30. The second kappa shape index (κ2) is 7.70. The molecule has 0 radical (unpaired) electrons. The van der Waals surface area contributed by atoms with Crippen molar-refractivity contribution in [1.82, 2.24) is 4.90 Å². The van der Waals surface area contributed by atoms with E-state index in [2.05, 4.69) is 24.9 Å². The van der Waals surface area contributed by atoms with Crippen LogP contribution in [0.15, 0.2) is 24.3 Å². The van der Waals surface area contributed by atoms with Crippen LogP contribution < -0.4 is 5.73 Å². The van der Waals surface area contributed by atoms with Crippen LogP contribution in [-0.2, 0) is 0 Å². The van der Waals surface area contributed by atoms with Gasteiger partial charge >= 0.3 is 0 Å². The van der Waals surface area contributed by atoms with Crippen molar-refractivity contribution in [1.29, 1.82) is 0 Å². The molecule has 3 heteroatoms. The average molecular weight is 255 g/mol. The molecule has 96 valence electrons. The van der Waals surface area contributed by atoms with Gasteiger partial charge in [-0.1, -0.05) is 30.2 Å². The second-order valence-corrected chi connectivity index (χ2v) is 5.00. The Morgan fingerprint density at radius 1 is 1.29 bits per heavy atom. The van der Waals surface area contributed by atoms with Crippen molar-refractivity contribution in [3.8, 4) is 0 Å². The highest BCUT2D eigenvalue weighted by atomic mass is 35.5. The maximum Gasteiger partial charge on any atom is 0.0409 e. The van der Waals surface area contributed by atoms with Crippen molar-refractivity contribution in [2.75, 3.05) is 20.1 Å². The molecule has 0 saturated heterocycles. The number of nitrogens with zero attached hydrogens (tertiary/aromatic N) is 1. The fourth-order valence-corrected chi connectivity index (χ4v) is 2.10. The van der Waals surface area contributed by atoms with Gasteiger partial charge in [0, 0.05) is 11.1 Å². The lowest BCUT2D eigenvalue weighted by atomic mass is 10.1. The zero-order valence-corrected chi connectivity index (χ0v) is 11.6. The molecular weight excluding hydrogens is 232 g/mol. The van der Waals surface area contributed by atoms with Crippen LogP contribution in [0.25, 0.3) is 0 Å². The van der Waals surface area contributed by atoms with Gasteiger partial charge in [0.1, 0.15) is 0 Å². The molecule has 17 heavy (non-hydrogen) atoms. The van der Waals surface area contributed by atoms with Gasteiger partial charge in [-0.15, -0.1) is 0 Å². The van der Waals surface area contributed by atoms with Gasteiger partial charge in [0.2, 0.25) is 0 Å². The number of halogens is 1. The van der Waals surface area contributed by atoms with E-state index in [9.17, 15) is 0 Å². The van der Waals surface area contributed by atoms with E-state index in [1.54, 1.807) is 0 Å². The maximum atomic E-state index is 6.01. The first kappa shape index (κ1) is 14.5. The molecule has 0 fully saturated rings. The van der Waals surface area contributed by atoms with Crippen molar-refractivity contribution in [2.45, 2.75) is 32.2 Å². The third-order valence-corrected chi connectivity index (χ3v) is 3.44. The Bertz CT molecular complexity index is 328. The highest BCUT2D eigenvalue weighted by Gasteiger charge is 2.11. The summed E-state index contributed by atoms with van der Waals surface area (Å²) in [6.07, 6.45) is 3.54. The summed E-state index contributed by atoms with van der Waals surface area (Å²) in [4.78, 5) is 2.36. The van der Waals surface area contributed by atoms with Gasteiger partial charge in [0.15, 0.2) is 0 Å². The van der Waals surface area contributed by atoms with E-state index < -0.39 is 0 Å². The predicted octanol–water partition coefficient (Wildman–Crippen LogP) is 3.46. The van der Waals surface area contributed by atoms with E-state index in [4.69, 9.17) is 17.3 Å². The smallest absolute Gasteiger partial charge is 0.0409 e. The molecule has 1 aromatic carbocycles. The summed E-state index contributed by atoms with van der Waals surface area (Å²) in [7, 11) is 2.16. The quantitative estimate of drug-likeness (QED) is 0.755. The lowest BCUT2D eigenvalue weighted by Gasteiger charge is -2.25. The van der Waals surface area contributed by atoms with Gasteiger partial charge in [-0.2, -0.15) is 0 Å². The Balaban J connectivity index is 2.43. The number of nitrogens with two attached hydrogens (primary N) is 1. The number of benzene rings is 1. The zero-order chi connectivity index (χ0) is 12.7. The first-order chi connectivity index (χ1) is 8.15. The normalized spacial score (nSPS) is 13.0. The molecule has 2 N–H and O–H groups in total. The molecule has 0 aliphatic rings. The molecular formula is C14H23ClN2. The van der Waals surface area contributed by atoms with E-state index in [0.717, 1.165) is 24.5 Å². The van der Waals surface area contributed by atoms with E-state index in [1.165, 1.54) is 18.4 Å². The number of hydrogen-bond acceptors (Lipinski definition) is 2. The number of hydrogen-bond donors (Lipinski definition) is 1. The molecule has 0 aliphatic carbocycles. The summed E-state index contributed by atoms with van der Waals surface area (Å²) in [6, 6.07) is 8.51. The van der Waals surface area contributed by atoms with Gasteiger partial charge in [-0.3, -0.25) is 4.90 Å². The zero-order valence-electron chi connectivity index (χ0n) is 10.8.